The minimum Gasteiger partial charge on any atom is -0.354 e. The first kappa shape index (κ1) is 14.6. The molecule has 1 heterocycles. The molecule has 4 heteroatoms. The van der Waals surface area contributed by atoms with Crippen molar-refractivity contribution < 1.29 is 4.79 Å². The molecule has 0 saturated heterocycles. The van der Waals surface area contributed by atoms with Crippen LogP contribution in [0.1, 0.15) is 45.6 Å². The van der Waals surface area contributed by atoms with Crippen LogP contribution in [0.2, 0.25) is 0 Å². The lowest BCUT2D eigenvalue weighted by molar-refractivity contribution is -0.123. The quantitative estimate of drug-likeness (QED) is 0.787. The monoisotopic (exact) mass is 273 g/mol. The standard InChI is InChI=1S/C16H23N3O/c1-3-4-5-8-11-17-16(20)13(2)19-12-18-14-9-6-7-10-15(14)19/h6-7,9-10,12-13H,3-5,8,11H2,1-2H3,(H,17,20). The summed E-state index contributed by atoms with van der Waals surface area (Å²) in [5.74, 6) is 0.0599. The predicted molar refractivity (Wildman–Crippen MR) is 81.6 cm³/mol. The van der Waals surface area contributed by atoms with Crippen molar-refractivity contribution in [3.63, 3.8) is 0 Å². The molecule has 1 unspecified atom stereocenters. The van der Waals surface area contributed by atoms with Gasteiger partial charge in [0.1, 0.15) is 6.04 Å². The molecular weight excluding hydrogens is 250 g/mol. The fraction of sp³-hybridized carbons (Fsp3) is 0.500. The maximum Gasteiger partial charge on any atom is 0.242 e. The molecule has 0 saturated carbocycles. The number of carbonyl (C=O) groups excluding carboxylic acids is 1. The van der Waals surface area contributed by atoms with Gasteiger partial charge in [-0.05, 0) is 25.5 Å². The number of rotatable bonds is 7. The zero-order valence-corrected chi connectivity index (χ0v) is 12.3. The van der Waals surface area contributed by atoms with Crippen LogP contribution < -0.4 is 5.32 Å². The van der Waals surface area contributed by atoms with E-state index in [0.29, 0.717) is 0 Å². The number of fused-ring (bicyclic) bond motifs is 1. The molecule has 0 aliphatic heterocycles. The van der Waals surface area contributed by atoms with Gasteiger partial charge in [-0.15, -0.1) is 0 Å². The van der Waals surface area contributed by atoms with E-state index >= 15 is 0 Å². The van der Waals surface area contributed by atoms with E-state index in [-0.39, 0.29) is 11.9 Å². The molecule has 0 fully saturated rings. The number of amides is 1. The van der Waals surface area contributed by atoms with Crippen LogP contribution in [0.3, 0.4) is 0 Å². The molecule has 20 heavy (non-hydrogen) atoms. The number of hydrogen-bond acceptors (Lipinski definition) is 2. The van der Waals surface area contributed by atoms with Gasteiger partial charge in [0.05, 0.1) is 17.4 Å². The van der Waals surface area contributed by atoms with Gasteiger partial charge >= 0.3 is 0 Å². The smallest absolute Gasteiger partial charge is 0.242 e. The van der Waals surface area contributed by atoms with E-state index < -0.39 is 0 Å². The zero-order valence-electron chi connectivity index (χ0n) is 12.3. The van der Waals surface area contributed by atoms with E-state index in [1.54, 1.807) is 6.33 Å². The van der Waals surface area contributed by atoms with Crippen LogP contribution in [0.15, 0.2) is 30.6 Å². The molecule has 0 bridgehead atoms. The minimum absolute atomic E-state index is 0.0599. The molecule has 1 aromatic carbocycles. The number of hydrogen-bond donors (Lipinski definition) is 1. The fourth-order valence-electron chi connectivity index (χ4n) is 2.32. The Labute approximate surface area is 120 Å². The van der Waals surface area contributed by atoms with Gasteiger partial charge in [0.15, 0.2) is 0 Å². The second-order valence-electron chi connectivity index (χ2n) is 5.17. The first-order chi connectivity index (χ1) is 9.74. The van der Waals surface area contributed by atoms with E-state index in [4.69, 9.17) is 0 Å². The van der Waals surface area contributed by atoms with Gasteiger partial charge in [0, 0.05) is 6.54 Å². The molecule has 1 N–H and O–H groups in total. The van der Waals surface area contributed by atoms with Crippen molar-refractivity contribution >= 4 is 16.9 Å². The highest BCUT2D eigenvalue weighted by Gasteiger charge is 2.16. The number of para-hydroxylation sites is 2. The highest BCUT2D eigenvalue weighted by Crippen LogP contribution is 2.17. The van der Waals surface area contributed by atoms with Crippen LogP contribution in [0, 0.1) is 0 Å². The van der Waals surface area contributed by atoms with Gasteiger partial charge in [0.2, 0.25) is 5.91 Å². The molecule has 2 aromatic rings. The molecule has 108 valence electrons. The van der Waals surface area contributed by atoms with Crippen LogP contribution in [0.5, 0.6) is 0 Å². The Morgan fingerprint density at radius 2 is 2.10 bits per heavy atom. The van der Waals surface area contributed by atoms with Gasteiger partial charge in [-0.2, -0.15) is 0 Å². The normalized spacial score (nSPS) is 12.5. The fourth-order valence-corrected chi connectivity index (χ4v) is 2.32. The molecule has 1 atom stereocenters. The third-order valence-corrected chi connectivity index (χ3v) is 3.61. The lowest BCUT2D eigenvalue weighted by atomic mass is 10.2. The van der Waals surface area contributed by atoms with Gasteiger partial charge in [-0.1, -0.05) is 38.3 Å². The Kier molecular flexibility index (Phi) is 5.16. The summed E-state index contributed by atoms with van der Waals surface area (Å²) in [6.07, 6.45) is 6.42. The molecule has 0 spiro atoms. The highest BCUT2D eigenvalue weighted by molar-refractivity contribution is 5.83. The lowest BCUT2D eigenvalue weighted by Crippen LogP contribution is -2.31. The van der Waals surface area contributed by atoms with E-state index in [1.807, 2.05) is 35.8 Å². The molecule has 2 rings (SSSR count). The Morgan fingerprint density at radius 1 is 1.30 bits per heavy atom. The maximum absolute atomic E-state index is 12.2. The van der Waals surface area contributed by atoms with Crippen molar-refractivity contribution in [2.24, 2.45) is 0 Å². The summed E-state index contributed by atoms with van der Waals surface area (Å²) in [7, 11) is 0. The second-order valence-corrected chi connectivity index (χ2v) is 5.17. The molecule has 1 amide bonds. The first-order valence-corrected chi connectivity index (χ1v) is 7.43. The highest BCUT2D eigenvalue weighted by atomic mass is 16.2. The summed E-state index contributed by atoms with van der Waals surface area (Å²) in [5, 5.41) is 3.01. The summed E-state index contributed by atoms with van der Waals surface area (Å²) in [6, 6.07) is 7.65. The third kappa shape index (κ3) is 3.38. The van der Waals surface area contributed by atoms with Gasteiger partial charge in [-0.25, -0.2) is 4.98 Å². The number of carbonyl (C=O) groups is 1. The molecular formula is C16H23N3O. The Hall–Kier alpha value is -1.84. The SMILES string of the molecule is CCCCCCNC(=O)C(C)n1cnc2ccccc21. The van der Waals surface area contributed by atoms with Crippen molar-refractivity contribution in [3.8, 4) is 0 Å². The number of aromatic nitrogens is 2. The van der Waals surface area contributed by atoms with Crippen molar-refractivity contribution in [2.75, 3.05) is 6.54 Å². The molecule has 4 nitrogen and oxygen atoms in total. The molecule has 1 aromatic heterocycles. The predicted octanol–water partition coefficient (Wildman–Crippen LogP) is 3.29. The average Bonchev–Trinajstić information content (AvgIpc) is 2.90. The van der Waals surface area contributed by atoms with Crippen LogP contribution in [0.4, 0.5) is 0 Å². The van der Waals surface area contributed by atoms with Crippen LogP contribution in [-0.2, 0) is 4.79 Å². The number of benzene rings is 1. The Morgan fingerprint density at radius 3 is 2.90 bits per heavy atom. The largest absolute Gasteiger partial charge is 0.354 e. The van der Waals surface area contributed by atoms with E-state index in [9.17, 15) is 4.79 Å². The number of nitrogens with zero attached hydrogens (tertiary/aromatic N) is 2. The average molecular weight is 273 g/mol. The van der Waals surface area contributed by atoms with Gasteiger partial charge in [0.25, 0.3) is 0 Å². The maximum atomic E-state index is 12.2. The van der Waals surface area contributed by atoms with E-state index in [1.165, 1.54) is 19.3 Å². The summed E-state index contributed by atoms with van der Waals surface area (Å²) >= 11 is 0. The van der Waals surface area contributed by atoms with E-state index in [2.05, 4.69) is 17.2 Å². The van der Waals surface area contributed by atoms with Gasteiger partial charge < -0.3 is 9.88 Å². The number of unbranched alkanes of at least 4 members (excludes halogenated alkanes) is 3. The summed E-state index contributed by atoms with van der Waals surface area (Å²) in [4.78, 5) is 16.5. The molecule has 0 aliphatic carbocycles. The summed E-state index contributed by atoms with van der Waals surface area (Å²) in [6.45, 7) is 4.86. The van der Waals surface area contributed by atoms with Crippen molar-refractivity contribution in [1.29, 1.82) is 0 Å². The van der Waals surface area contributed by atoms with E-state index in [0.717, 1.165) is 24.0 Å². The van der Waals surface area contributed by atoms with Crippen LogP contribution in [-0.4, -0.2) is 22.0 Å². The Bertz CT molecular complexity index is 562. The Balaban J connectivity index is 1.93. The number of imidazole rings is 1. The molecule has 0 radical (unpaired) electrons. The van der Waals surface area contributed by atoms with Crippen molar-refractivity contribution in [2.45, 2.75) is 45.6 Å². The van der Waals surface area contributed by atoms with Gasteiger partial charge in [-0.3, -0.25) is 4.79 Å². The lowest BCUT2D eigenvalue weighted by Gasteiger charge is -2.14. The van der Waals surface area contributed by atoms with Crippen molar-refractivity contribution in [1.82, 2.24) is 14.9 Å². The zero-order chi connectivity index (χ0) is 14.4. The molecule has 0 aliphatic rings. The minimum atomic E-state index is -0.228. The summed E-state index contributed by atoms with van der Waals surface area (Å²) < 4.78 is 1.93. The van der Waals surface area contributed by atoms with Crippen LogP contribution in [0.25, 0.3) is 11.0 Å². The second kappa shape index (κ2) is 7.08. The first-order valence-electron chi connectivity index (χ1n) is 7.43. The topological polar surface area (TPSA) is 46.9 Å². The van der Waals surface area contributed by atoms with Crippen LogP contribution >= 0.6 is 0 Å². The van der Waals surface area contributed by atoms with Crippen molar-refractivity contribution in [3.05, 3.63) is 30.6 Å². The number of nitrogens with one attached hydrogen (secondary N) is 1. The summed E-state index contributed by atoms with van der Waals surface area (Å²) in [5.41, 5.74) is 1.93. The third-order valence-electron chi connectivity index (χ3n) is 3.61.